The smallest absolute Gasteiger partial charge is 0.398 e. The van der Waals surface area contributed by atoms with E-state index < -0.39 is 17.4 Å². The van der Waals surface area contributed by atoms with Crippen LogP contribution in [0.15, 0.2) is 18.2 Å². The number of hydrogen-bond acceptors (Lipinski definition) is 3. The van der Waals surface area contributed by atoms with Gasteiger partial charge in [-0.05, 0) is 38.6 Å². The average Bonchev–Trinajstić information content (AvgIpc) is 2.37. The number of hydrogen-bond donors (Lipinski definition) is 1. The van der Waals surface area contributed by atoms with E-state index in [-0.39, 0.29) is 17.3 Å². The molecule has 1 heterocycles. The Kier molecular flexibility index (Phi) is 4.04. The molecule has 1 aromatic rings. The molecule has 20 heavy (non-hydrogen) atoms. The number of nitrogens with two attached hydrogens (primary N) is 1. The van der Waals surface area contributed by atoms with Crippen molar-refractivity contribution in [3.8, 4) is 0 Å². The van der Waals surface area contributed by atoms with Gasteiger partial charge in [-0.2, -0.15) is 13.2 Å². The topological polar surface area (TPSA) is 46.3 Å². The van der Waals surface area contributed by atoms with Crippen molar-refractivity contribution in [2.24, 2.45) is 5.92 Å². The minimum Gasteiger partial charge on any atom is -0.398 e. The van der Waals surface area contributed by atoms with Crippen LogP contribution in [0.2, 0.25) is 0 Å². The van der Waals surface area contributed by atoms with Crippen molar-refractivity contribution in [1.82, 2.24) is 4.90 Å². The normalized spacial score (nSPS) is 20.9. The van der Waals surface area contributed by atoms with E-state index in [1.54, 1.807) is 0 Å². The van der Waals surface area contributed by atoms with E-state index in [0.29, 0.717) is 13.0 Å². The van der Waals surface area contributed by atoms with Crippen LogP contribution in [0.5, 0.6) is 0 Å². The minimum absolute atomic E-state index is 0.0138. The van der Waals surface area contributed by atoms with Gasteiger partial charge in [-0.1, -0.05) is 6.07 Å². The molecule has 2 rings (SSSR count). The molecule has 0 spiro atoms. The van der Waals surface area contributed by atoms with Gasteiger partial charge in [-0.3, -0.25) is 4.79 Å². The molecule has 1 atom stereocenters. The van der Waals surface area contributed by atoms with Crippen LogP contribution in [-0.2, 0) is 6.18 Å². The number of carbonyl (C=O) groups is 1. The first kappa shape index (κ1) is 14.8. The third-order valence-electron chi connectivity index (χ3n) is 3.67. The molecule has 3 nitrogen and oxygen atoms in total. The van der Waals surface area contributed by atoms with Gasteiger partial charge >= 0.3 is 6.18 Å². The van der Waals surface area contributed by atoms with E-state index in [9.17, 15) is 18.0 Å². The summed E-state index contributed by atoms with van der Waals surface area (Å²) in [5.41, 5.74) is 4.15. The van der Waals surface area contributed by atoms with Crippen LogP contribution in [0, 0.1) is 5.92 Å². The molecule has 1 fully saturated rings. The number of nitrogens with zero attached hydrogens (tertiary/aromatic N) is 1. The molecule has 0 aromatic heterocycles. The lowest BCUT2D eigenvalue weighted by atomic mass is 9.88. The van der Waals surface area contributed by atoms with E-state index in [4.69, 9.17) is 5.73 Å². The summed E-state index contributed by atoms with van der Waals surface area (Å²) in [6.45, 7) is 1.47. The number of Topliss-reactive ketones (excluding diaryl/α,β-unsaturated/α-hetero) is 1. The predicted octanol–water partition coefficient (Wildman–Crippen LogP) is 2.81. The summed E-state index contributed by atoms with van der Waals surface area (Å²) in [5.74, 6) is -0.570. The first-order chi connectivity index (χ1) is 9.30. The standard InChI is InChI=1S/C14H17F3N2O/c1-19-7-3-4-9(8-19)13(20)10-5-2-6-11(12(10)18)14(15,16)17/h2,5-6,9H,3-4,7-8,18H2,1H3. The van der Waals surface area contributed by atoms with E-state index in [2.05, 4.69) is 0 Å². The number of alkyl halides is 3. The SMILES string of the molecule is CN1CCCC(C(=O)c2cccc(C(F)(F)F)c2N)C1. The number of nitrogen functional groups attached to an aromatic ring is 1. The Labute approximate surface area is 115 Å². The molecule has 0 bridgehead atoms. The Bertz CT molecular complexity index is 514. The highest BCUT2D eigenvalue weighted by Crippen LogP contribution is 2.36. The Hall–Kier alpha value is -1.56. The van der Waals surface area contributed by atoms with Crippen molar-refractivity contribution < 1.29 is 18.0 Å². The minimum atomic E-state index is -4.54. The largest absolute Gasteiger partial charge is 0.418 e. The number of benzene rings is 1. The molecular formula is C14H17F3N2O. The number of ketones is 1. The molecule has 2 N–H and O–H groups in total. The van der Waals surface area contributed by atoms with Crippen LogP contribution in [0.25, 0.3) is 0 Å². The molecule has 6 heteroatoms. The summed E-state index contributed by atoms with van der Waals surface area (Å²) >= 11 is 0. The highest BCUT2D eigenvalue weighted by Gasteiger charge is 2.35. The molecule has 110 valence electrons. The molecular weight excluding hydrogens is 269 g/mol. The van der Waals surface area contributed by atoms with Gasteiger partial charge in [-0.25, -0.2) is 0 Å². The van der Waals surface area contributed by atoms with Gasteiger partial charge in [0, 0.05) is 18.0 Å². The van der Waals surface area contributed by atoms with Gasteiger partial charge in [-0.15, -0.1) is 0 Å². The van der Waals surface area contributed by atoms with Crippen LogP contribution >= 0.6 is 0 Å². The van der Waals surface area contributed by atoms with Crippen molar-refractivity contribution in [2.75, 3.05) is 25.9 Å². The van der Waals surface area contributed by atoms with Crippen molar-refractivity contribution in [2.45, 2.75) is 19.0 Å². The van der Waals surface area contributed by atoms with Crippen molar-refractivity contribution in [3.63, 3.8) is 0 Å². The van der Waals surface area contributed by atoms with Gasteiger partial charge in [0.25, 0.3) is 0 Å². The quantitative estimate of drug-likeness (QED) is 0.671. The molecule has 0 amide bonds. The zero-order valence-corrected chi connectivity index (χ0v) is 11.2. The number of likely N-dealkylation sites (tertiary alicyclic amines) is 1. The first-order valence-corrected chi connectivity index (χ1v) is 6.49. The third kappa shape index (κ3) is 2.95. The first-order valence-electron chi connectivity index (χ1n) is 6.49. The number of rotatable bonds is 2. The zero-order valence-electron chi connectivity index (χ0n) is 11.2. The van der Waals surface area contributed by atoms with Crippen LogP contribution in [-0.4, -0.2) is 30.8 Å². The molecule has 1 saturated heterocycles. The molecule has 0 aliphatic carbocycles. The van der Waals surface area contributed by atoms with Crippen LogP contribution in [0.1, 0.15) is 28.8 Å². The lowest BCUT2D eigenvalue weighted by Gasteiger charge is -2.29. The number of piperidine rings is 1. The lowest BCUT2D eigenvalue weighted by molar-refractivity contribution is -0.136. The summed E-state index contributed by atoms with van der Waals surface area (Å²) < 4.78 is 38.4. The maximum atomic E-state index is 12.8. The summed E-state index contributed by atoms with van der Waals surface area (Å²) in [7, 11) is 1.90. The second-order valence-electron chi connectivity index (χ2n) is 5.23. The summed E-state index contributed by atoms with van der Waals surface area (Å²) in [4.78, 5) is 14.4. The van der Waals surface area contributed by atoms with Gasteiger partial charge < -0.3 is 10.6 Å². The van der Waals surface area contributed by atoms with Crippen molar-refractivity contribution >= 4 is 11.5 Å². The predicted molar refractivity (Wildman–Crippen MR) is 70.4 cm³/mol. The van der Waals surface area contributed by atoms with E-state index in [1.807, 2.05) is 11.9 Å². The molecule has 1 aliphatic rings. The Morgan fingerprint density at radius 1 is 1.40 bits per heavy atom. The number of para-hydroxylation sites is 1. The maximum Gasteiger partial charge on any atom is 0.418 e. The molecule has 0 saturated carbocycles. The van der Waals surface area contributed by atoms with Gasteiger partial charge in [0.15, 0.2) is 5.78 Å². The Morgan fingerprint density at radius 2 is 2.10 bits per heavy atom. The van der Waals surface area contributed by atoms with E-state index in [1.165, 1.54) is 12.1 Å². The molecule has 0 radical (unpaired) electrons. The highest BCUT2D eigenvalue weighted by molar-refractivity contribution is 6.03. The van der Waals surface area contributed by atoms with Crippen molar-refractivity contribution in [1.29, 1.82) is 0 Å². The summed E-state index contributed by atoms with van der Waals surface area (Å²) in [6.07, 6.45) is -2.98. The van der Waals surface area contributed by atoms with Crippen LogP contribution in [0.3, 0.4) is 0 Å². The van der Waals surface area contributed by atoms with Gasteiger partial charge in [0.05, 0.1) is 11.3 Å². The third-order valence-corrected chi connectivity index (χ3v) is 3.67. The van der Waals surface area contributed by atoms with Gasteiger partial charge in [0.1, 0.15) is 0 Å². The second-order valence-corrected chi connectivity index (χ2v) is 5.23. The highest BCUT2D eigenvalue weighted by atomic mass is 19.4. The second kappa shape index (κ2) is 5.44. The van der Waals surface area contributed by atoms with E-state index >= 15 is 0 Å². The number of carbonyl (C=O) groups excluding carboxylic acids is 1. The monoisotopic (exact) mass is 286 g/mol. The number of halogens is 3. The lowest BCUT2D eigenvalue weighted by Crippen LogP contribution is -2.36. The fourth-order valence-electron chi connectivity index (χ4n) is 2.63. The fourth-order valence-corrected chi connectivity index (χ4v) is 2.63. The molecule has 1 unspecified atom stereocenters. The summed E-state index contributed by atoms with van der Waals surface area (Å²) in [6, 6.07) is 3.51. The van der Waals surface area contributed by atoms with Crippen LogP contribution in [0.4, 0.5) is 18.9 Å². The van der Waals surface area contributed by atoms with Crippen molar-refractivity contribution in [3.05, 3.63) is 29.3 Å². The van der Waals surface area contributed by atoms with Crippen LogP contribution < -0.4 is 5.73 Å². The van der Waals surface area contributed by atoms with E-state index in [0.717, 1.165) is 19.0 Å². The zero-order chi connectivity index (χ0) is 14.9. The maximum absolute atomic E-state index is 12.8. The van der Waals surface area contributed by atoms with Gasteiger partial charge in [0.2, 0.25) is 0 Å². The summed E-state index contributed by atoms with van der Waals surface area (Å²) in [5, 5.41) is 0. The average molecular weight is 286 g/mol. The number of anilines is 1. The Morgan fingerprint density at radius 3 is 2.70 bits per heavy atom. The Balaban J connectivity index is 2.31. The fraction of sp³-hybridized carbons (Fsp3) is 0.500. The molecule has 1 aliphatic heterocycles. The molecule has 1 aromatic carbocycles.